The van der Waals surface area contributed by atoms with Gasteiger partial charge in [0.05, 0.1) is 11.1 Å². The Labute approximate surface area is 178 Å². The van der Waals surface area contributed by atoms with Gasteiger partial charge in [-0.15, -0.1) is 0 Å². The lowest BCUT2D eigenvalue weighted by Crippen LogP contribution is -2.55. The smallest absolute Gasteiger partial charge is 0.351 e. The van der Waals surface area contributed by atoms with Crippen molar-refractivity contribution in [2.45, 2.75) is 51.4 Å². The van der Waals surface area contributed by atoms with Gasteiger partial charge in [-0.25, -0.2) is 15.0 Å². The third kappa shape index (κ3) is 3.67. The second-order valence-electron chi connectivity index (χ2n) is 8.87. The predicted molar refractivity (Wildman–Crippen MR) is 110 cm³/mol. The molecule has 4 heterocycles. The van der Waals surface area contributed by atoms with Crippen molar-refractivity contribution in [1.29, 1.82) is 5.26 Å². The van der Waals surface area contributed by atoms with E-state index in [4.69, 9.17) is 5.26 Å². The Bertz CT molecular complexity index is 1040. The highest BCUT2D eigenvalue weighted by molar-refractivity contribution is 5.74. The van der Waals surface area contributed by atoms with E-state index in [1.165, 1.54) is 6.33 Å². The Morgan fingerprint density at radius 2 is 1.90 bits per heavy atom. The minimum absolute atomic E-state index is 0.115. The molecule has 0 aliphatic carbocycles. The van der Waals surface area contributed by atoms with Crippen LogP contribution in [0.3, 0.4) is 0 Å². The quantitative estimate of drug-likeness (QED) is 0.781. The Hall–Kier alpha value is -2.93. The number of aromatic nitrogens is 3. The Morgan fingerprint density at radius 3 is 2.58 bits per heavy atom. The molecule has 0 spiro atoms. The fourth-order valence-electron chi connectivity index (χ4n) is 4.37. The van der Waals surface area contributed by atoms with Crippen molar-refractivity contribution in [3.05, 3.63) is 35.3 Å². The normalized spacial score (nSPS) is 22.9. The molecule has 2 atom stereocenters. The van der Waals surface area contributed by atoms with Gasteiger partial charge in [0.15, 0.2) is 0 Å². The van der Waals surface area contributed by atoms with Crippen LogP contribution in [0.4, 0.5) is 30.6 Å². The number of hydrogen-bond donors (Lipinski definition) is 1. The number of rotatable bonds is 2. The molecule has 0 radical (unpaired) electrons. The average Bonchev–Trinajstić information content (AvgIpc) is 3.00. The first kappa shape index (κ1) is 21.3. The SMILES string of the molecule is C[C@@H]1CN(c2ncnc3c2C(C)(C)CN3c2cc(C(F)(F)F)c(C#N)cn2)[C@@H](C)CN1. The van der Waals surface area contributed by atoms with Gasteiger partial charge in [0, 0.05) is 48.9 Å². The second kappa shape index (κ2) is 7.34. The molecule has 2 aliphatic rings. The predicted octanol–water partition coefficient (Wildman–Crippen LogP) is 3.38. The van der Waals surface area contributed by atoms with Crippen LogP contribution >= 0.6 is 0 Å². The first-order valence-electron chi connectivity index (χ1n) is 10.1. The standard InChI is InChI=1S/C21H24F3N7/c1-12-9-30(13(2)7-26-12)18-17-19(29-11-28-18)31(10-20(17,3)4)16-5-15(21(22,23)24)14(6-25)8-27-16/h5,8,11-13,26H,7,9-10H2,1-4H3/t12-,13+/m1/s1. The molecule has 1 saturated heterocycles. The van der Waals surface area contributed by atoms with Gasteiger partial charge in [0.25, 0.3) is 0 Å². The Morgan fingerprint density at radius 1 is 1.19 bits per heavy atom. The number of hydrogen-bond acceptors (Lipinski definition) is 7. The van der Waals surface area contributed by atoms with E-state index >= 15 is 0 Å². The van der Waals surface area contributed by atoms with Gasteiger partial charge in [0.2, 0.25) is 0 Å². The summed E-state index contributed by atoms with van der Waals surface area (Å²) >= 11 is 0. The third-order valence-corrected chi connectivity index (χ3v) is 5.92. The highest BCUT2D eigenvalue weighted by Crippen LogP contribution is 2.47. The lowest BCUT2D eigenvalue weighted by atomic mass is 9.87. The van der Waals surface area contributed by atoms with E-state index in [2.05, 4.69) is 39.0 Å². The van der Waals surface area contributed by atoms with Crippen LogP contribution in [-0.4, -0.2) is 46.7 Å². The van der Waals surface area contributed by atoms with Crippen molar-refractivity contribution >= 4 is 17.5 Å². The molecule has 2 aromatic heterocycles. The summed E-state index contributed by atoms with van der Waals surface area (Å²) < 4.78 is 40.5. The Balaban J connectivity index is 1.82. The molecule has 10 heteroatoms. The molecule has 0 amide bonds. The summed E-state index contributed by atoms with van der Waals surface area (Å²) in [5.41, 5.74) is -1.00. The minimum Gasteiger partial charge on any atom is -0.351 e. The minimum atomic E-state index is -4.65. The van der Waals surface area contributed by atoms with Crippen molar-refractivity contribution < 1.29 is 13.2 Å². The summed E-state index contributed by atoms with van der Waals surface area (Å²) in [5, 5.41) is 12.5. The van der Waals surface area contributed by atoms with Crippen molar-refractivity contribution in [2.24, 2.45) is 0 Å². The second-order valence-corrected chi connectivity index (χ2v) is 8.87. The lowest BCUT2D eigenvalue weighted by molar-refractivity contribution is -0.137. The van der Waals surface area contributed by atoms with Crippen molar-refractivity contribution in [3.8, 4) is 6.07 Å². The molecule has 164 valence electrons. The highest BCUT2D eigenvalue weighted by atomic mass is 19.4. The van der Waals surface area contributed by atoms with E-state index in [9.17, 15) is 13.2 Å². The van der Waals surface area contributed by atoms with Crippen LogP contribution in [0.5, 0.6) is 0 Å². The largest absolute Gasteiger partial charge is 0.417 e. The average molecular weight is 431 g/mol. The molecular formula is C21H24F3N7. The van der Waals surface area contributed by atoms with Gasteiger partial charge in [-0.1, -0.05) is 13.8 Å². The Kier molecular flexibility index (Phi) is 5.04. The first-order chi connectivity index (χ1) is 14.5. The van der Waals surface area contributed by atoms with Crippen LogP contribution in [-0.2, 0) is 11.6 Å². The van der Waals surface area contributed by atoms with Crippen LogP contribution in [0.15, 0.2) is 18.6 Å². The maximum atomic E-state index is 13.5. The van der Waals surface area contributed by atoms with E-state index in [1.54, 1.807) is 11.0 Å². The molecule has 0 saturated carbocycles. The van der Waals surface area contributed by atoms with Gasteiger partial charge < -0.3 is 15.1 Å². The number of anilines is 3. The number of nitriles is 1. The van der Waals surface area contributed by atoms with Gasteiger partial charge in [-0.3, -0.25) is 0 Å². The van der Waals surface area contributed by atoms with Gasteiger partial charge in [-0.05, 0) is 19.9 Å². The molecule has 2 aliphatic heterocycles. The summed E-state index contributed by atoms with van der Waals surface area (Å²) in [6.07, 6.45) is -2.22. The van der Waals surface area contributed by atoms with Gasteiger partial charge in [-0.2, -0.15) is 18.4 Å². The topological polar surface area (TPSA) is 81.0 Å². The molecular weight excluding hydrogens is 407 g/mol. The lowest BCUT2D eigenvalue weighted by Gasteiger charge is -2.40. The number of alkyl halides is 3. The molecule has 0 aromatic carbocycles. The third-order valence-electron chi connectivity index (χ3n) is 5.92. The number of piperazine rings is 1. The van der Waals surface area contributed by atoms with Crippen LogP contribution in [0.2, 0.25) is 0 Å². The summed E-state index contributed by atoms with van der Waals surface area (Å²) in [7, 11) is 0. The molecule has 7 nitrogen and oxygen atoms in total. The van der Waals surface area contributed by atoms with E-state index in [-0.39, 0.29) is 17.9 Å². The maximum Gasteiger partial charge on any atom is 0.417 e. The van der Waals surface area contributed by atoms with Crippen LogP contribution in [0.1, 0.15) is 44.4 Å². The van der Waals surface area contributed by atoms with Crippen LogP contribution < -0.4 is 15.1 Å². The molecule has 31 heavy (non-hydrogen) atoms. The number of pyridine rings is 1. The molecule has 2 aromatic rings. The van der Waals surface area contributed by atoms with Crippen molar-refractivity contribution in [2.75, 3.05) is 29.4 Å². The van der Waals surface area contributed by atoms with E-state index in [1.807, 2.05) is 13.8 Å². The number of fused-ring (bicyclic) bond motifs is 1. The number of halogens is 3. The van der Waals surface area contributed by atoms with E-state index < -0.39 is 22.7 Å². The summed E-state index contributed by atoms with van der Waals surface area (Å²) in [6, 6.07) is 3.01. The zero-order valence-corrected chi connectivity index (χ0v) is 17.8. The van der Waals surface area contributed by atoms with Crippen molar-refractivity contribution in [3.63, 3.8) is 0 Å². The van der Waals surface area contributed by atoms with Crippen LogP contribution in [0, 0.1) is 11.3 Å². The zero-order valence-electron chi connectivity index (χ0n) is 17.8. The van der Waals surface area contributed by atoms with E-state index in [0.29, 0.717) is 12.4 Å². The van der Waals surface area contributed by atoms with Crippen LogP contribution in [0.25, 0.3) is 0 Å². The summed E-state index contributed by atoms with van der Waals surface area (Å²) in [6.45, 7) is 10.3. The van der Waals surface area contributed by atoms with E-state index in [0.717, 1.165) is 36.7 Å². The highest BCUT2D eigenvalue weighted by Gasteiger charge is 2.43. The molecule has 0 unspecified atom stereocenters. The molecule has 1 N–H and O–H groups in total. The number of nitrogens with zero attached hydrogens (tertiary/aromatic N) is 6. The summed E-state index contributed by atoms with van der Waals surface area (Å²) in [4.78, 5) is 17.1. The van der Waals surface area contributed by atoms with Gasteiger partial charge in [0.1, 0.15) is 29.9 Å². The number of nitrogens with one attached hydrogen (secondary N) is 1. The monoisotopic (exact) mass is 431 g/mol. The van der Waals surface area contributed by atoms with Crippen molar-refractivity contribution in [1.82, 2.24) is 20.3 Å². The summed E-state index contributed by atoms with van der Waals surface area (Å²) in [5.74, 6) is 1.48. The fourth-order valence-corrected chi connectivity index (χ4v) is 4.37. The first-order valence-corrected chi connectivity index (χ1v) is 10.1. The zero-order chi connectivity index (χ0) is 22.6. The van der Waals surface area contributed by atoms with Gasteiger partial charge >= 0.3 is 6.18 Å². The molecule has 1 fully saturated rings. The molecule has 0 bridgehead atoms. The fraction of sp³-hybridized carbons (Fsp3) is 0.524. The molecule has 4 rings (SSSR count). The maximum absolute atomic E-state index is 13.5.